The number of methoxy groups -OCH3 is 1. The summed E-state index contributed by atoms with van der Waals surface area (Å²) in [5.74, 6) is 0.440. The Kier molecular flexibility index (Phi) is 2.67. The molecule has 0 unspecified atom stereocenters. The van der Waals surface area contributed by atoms with E-state index in [1.165, 1.54) is 13.4 Å². The Morgan fingerprint density at radius 3 is 3.00 bits per heavy atom. The maximum Gasteiger partial charge on any atom is 0.262 e. The van der Waals surface area contributed by atoms with Crippen molar-refractivity contribution in [2.45, 2.75) is 0 Å². The standard InChI is InChI=1S/C9H6BrClN2O2/c1-15-5-2-4(10)7(11)8-6(5)9(14)13-3-12-8/h2-3H,1H3,(H,12,13,14). The molecule has 0 amide bonds. The molecule has 4 nitrogen and oxygen atoms in total. The molecule has 1 aromatic heterocycles. The summed E-state index contributed by atoms with van der Waals surface area (Å²) in [4.78, 5) is 18.1. The minimum Gasteiger partial charge on any atom is -0.496 e. The van der Waals surface area contributed by atoms with Gasteiger partial charge in [-0.05, 0) is 22.0 Å². The number of fused-ring (bicyclic) bond motifs is 1. The number of H-pyrrole nitrogens is 1. The maximum atomic E-state index is 11.6. The van der Waals surface area contributed by atoms with Crippen molar-refractivity contribution >= 4 is 38.4 Å². The molecule has 0 spiro atoms. The van der Waals surface area contributed by atoms with Crippen LogP contribution < -0.4 is 10.3 Å². The average molecular weight is 290 g/mol. The molecule has 1 heterocycles. The van der Waals surface area contributed by atoms with Crippen LogP contribution in [-0.2, 0) is 0 Å². The highest BCUT2D eigenvalue weighted by Crippen LogP contribution is 2.34. The Hall–Kier alpha value is -1.07. The average Bonchev–Trinajstić information content (AvgIpc) is 2.23. The molecular weight excluding hydrogens is 283 g/mol. The van der Waals surface area contributed by atoms with E-state index in [9.17, 15) is 4.79 Å². The van der Waals surface area contributed by atoms with Crippen LogP contribution in [0.4, 0.5) is 0 Å². The number of hydrogen-bond donors (Lipinski definition) is 1. The molecule has 0 saturated heterocycles. The Balaban J connectivity index is 3.03. The maximum absolute atomic E-state index is 11.6. The molecule has 1 N–H and O–H groups in total. The van der Waals surface area contributed by atoms with Gasteiger partial charge in [0.1, 0.15) is 16.7 Å². The van der Waals surface area contributed by atoms with Crippen LogP contribution in [0.15, 0.2) is 21.7 Å². The van der Waals surface area contributed by atoms with E-state index >= 15 is 0 Å². The number of aromatic nitrogens is 2. The summed E-state index contributed by atoms with van der Waals surface area (Å²) < 4.78 is 5.74. The summed E-state index contributed by atoms with van der Waals surface area (Å²) >= 11 is 9.28. The highest BCUT2D eigenvalue weighted by atomic mass is 79.9. The van der Waals surface area contributed by atoms with Crippen molar-refractivity contribution in [1.29, 1.82) is 0 Å². The highest BCUT2D eigenvalue weighted by Gasteiger charge is 2.13. The molecule has 6 heteroatoms. The van der Waals surface area contributed by atoms with E-state index in [4.69, 9.17) is 16.3 Å². The smallest absolute Gasteiger partial charge is 0.262 e. The second-order valence-electron chi connectivity index (χ2n) is 2.83. The van der Waals surface area contributed by atoms with Gasteiger partial charge in [0, 0.05) is 4.47 Å². The fourth-order valence-corrected chi connectivity index (χ4v) is 1.91. The molecule has 0 aliphatic carbocycles. The molecule has 2 aromatic rings. The number of benzene rings is 1. The van der Waals surface area contributed by atoms with Gasteiger partial charge in [0.05, 0.1) is 18.5 Å². The second kappa shape index (κ2) is 3.83. The van der Waals surface area contributed by atoms with E-state index < -0.39 is 0 Å². The summed E-state index contributed by atoms with van der Waals surface area (Å²) in [7, 11) is 1.49. The molecule has 0 fully saturated rings. The molecule has 0 bridgehead atoms. The second-order valence-corrected chi connectivity index (χ2v) is 4.06. The van der Waals surface area contributed by atoms with E-state index in [0.717, 1.165) is 0 Å². The molecule has 1 aromatic carbocycles. The number of ether oxygens (including phenoxy) is 1. The van der Waals surface area contributed by atoms with Gasteiger partial charge in [-0.1, -0.05) is 11.6 Å². The Morgan fingerprint density at radius 1 is 1.60 bits per heavy atom. The third kappa shape index (κ3) is 1.61. The Morgan fingerprint density at radius 2 is 2.33 bits per heavy atom. The van der Waals surface area contributed by atoms with Crippen molar-refractivity contribution in [2.75, 3.05) is 7.11 Å². The van der Waals surface area contributed by atoms with Crippen LogP contribution in [0.5, 0.6) is 5.75 Å². The fourth-order valence-electron chi connectivity index (χ4n) is 1.32. The minimum absolute atomic E-state index is 0.272. The molecule has 78 valence electrons. The molecule has 0 aliphatic rings. The number of rotatable bonds is 1. The van der Waals surface area contributed by atoms with Crippen LogP contribution >= 0.6 is 27.5 Å². The van der Waals surface area contributed by atoms with Crippen LogP contribution in [0.2, 0.25) is 5.02 Å². The van der Waals surface area contributed by atoms with Gasteiger partial charge in [0.2, 0.25) is 0 Å². The van der Waals surface area contributed by atoms with Gasteiger partial charge in [0.15, 0.2) is 0 Å². The lowest BCUT2D eigenvalue weighted by Crippen LogP contribution is -2.08. The van der Waals surface area contributed by atoms with E-state index in [2.05, 4.69) is 25.9 Å². The molecule has 2 rings (SSSR count). The predicted octanol–water partition coefficient (Wildman–Crippen LogP) is 2.35. The normalized spacial score (nSPS) is 10.6. The minimum atomic E-state index is -0.272. The Bertz CT molecular complexity index is 582. The van der Waals surface area contributed by atoms with Crippen molar-refractivity contribution in [2.24, 2.45) is 0 Å². The summed E-state index contributed by atoms with van der Waals surface area (Å²) in [6.07, 6.45) is 1.31. The van der Waals surface area contributed by atoms with E-state index in [-0.39, 0.29) is 5.56 Å². The number of halogens is 2. The number of nitrogens with one attached hydrogen (secondary N) is 1. The number of aromatic amines is 1. The first-order valence-electron chi connectivity index (χ1n) is 4.04. The van der Waals surface area contributed by atoms with Gasteiger partial charge in [-0.2, -0.15) is 0 Å². The SMILES string of the molecule is COc1cc(Br)c(Cl)c2nc[nH]c(=O)c12. The van der Waals surface area contributed by atoms with Crippen LogP contribution in [0.25, 0.3) is 10.9 Å². The third-order valence-electron chi connectivity index (χ3n) is 1.99. The zero-order valence-electron chi connectivity index (χ0n) is 7.67. The van der Waals surface area contributed by atoms with Crippen LogP contribution in [0.3, 0.4) is 0 Å². The van der Waals surface area contributed by atoms with Crippen LogP contribution in [0, 0.1) is 0 Å². The lowest BCUT2D eigenvalue weighted by atomic mass is 10.2. The van der Waals surface area contributed by atoms with Crippen molar-refractivity contribution in [3.8, 4) is 5.75 Å². The third-order valence-corrected chi connectivity index (χ3v) is 3.23. The monoisotopic (exact) mass is 288 g/mol. The van der Waals surface area contributed by atoms with Gasteiger partial charge in [0.25, 0.3) is 5.56 Å². The van der Waals surface area contributed by atoms with Crippen molar-refractivity contribution < 1.29 is 4.74 Å². The highest BCUT2D eigenvalue weighted by molar-refractivity contribution is 9.10. The first-order chi connectivity index (χ1) is 7.15. The molecular formula is C9H6BrClN2O2. The topological polar surface area (TPSA) is 55.0 Å². The molecule has 0 atom stereocenters. The van der Waals surface area contributed by atoms with Gasteiger partial charge >= 0.3 is 0 Å². The number of nitrogens with zero attached hydrogens (tertiary/aromatic N) is 1. The van der Waals surface area contributed by atoms with Gasteiger partial charge in [-0.3, -0.25) is 4.79 Å². The first kappa shape index (κ1) is 10.4. The molecule has 0 radical (unpaired) electrons. The predicted molar refractivity (Wildman–Crippen MR) is 61.6 cm³/mol. The van der Waals surface area contributed by atoms with Crippen molar-refractivity contribution in [3.05, 3.63) is 32.2 Å². The largest absolute Gasteiger partial charge is 0.496 e. The quantitative estimate of drug-likeness (QED) is 0.877. The molecule has 0 saturated carbocycles. The van der Waals surface area contributed by atoms with E-state index in [1.54, 1.807) is 6.07 Å². The van der Waals surface area contributed by atoms with Crippen LogP contribution in [0.1, 0.15) is 0 Å². The van der Waals surface area contributed by atoms with E-state index in [0.29, 0.717) is 26.1 Å². The zero-order chi connectivity index (χ0) is 11.0. The summed E-state index contributed by atoms with van der Waals surface area (Å²) in [6, 6.07) is 1.64. The van der Waals surface area contributed by atoms with Gasteiger partial charge in [-0.15, -0.1) is 0 Å². The summed E-state index contributed by atoms with van der Waals surface area (Å²) in [5.41, 5.74) is 0.151. The number of hydrogen-bond acceptors (Lipinski definition) is 3. The van der Waals surface area contributed by atoms with Gasteiger partial charge in [-0.25, -0.2) is 4.98 Å². The molecule has 15 heavy (non-hydrogen) atoms. The lowest BCUT2D eigenvalue weighted by Gasteiger charge is -2.06. The van der Waals surface area contributed by atoms with Crippen molar-refractivity contribution in [3.63, 3.8) is 0 Å². The summed E-state index contributed by atoms with van der Waals surface area (Å²) in [6.45, 7) is 0. The Labute approximate surface area is 98.4 Å². The van der Waals surface area contributed by atoms with Crippen LogP contribution in [-0.4, -0.2) is 17.1 Å². The van der Waals surface area contributed by atoms with Gasteiger partial charge < -0.3 is 9.72 Å². The van der Waals surface area contributed by atoms with E-state index in [1.807, 2.05) is 0 Å². The first-order valence-corrected chi connectivity index (χ1v) is 5.21. The fraction of sp³-hybridized carbons (Fsp3) is 0.111. The molecule has 0 aliphatic heterocycles. The summed E-state index contributed by atoms with van der Waals surface area (Å²) in [5, 5.41) is 0.755. The zero-order valence-corrected chi connectivity index (χ0v) is 10.0. The van der Waals surface area contributed by atoms with Crippen molar-refractivity contribution in [1.82, 2.24) is 9.97 Å². The lowest BCUT2D eigenvalue weighted by molar-refractivity contribution is 0.419.